The van der Waals surface area contributed by atoms with Crippen molar-refractivity contribution in [3.63, 3.8) is 0 Å². The Hall–Kier alpha value is -2.33. The standard InChI is InChI=1S/C19H20ClNO3/c1-13(10-15-4-3-5-17(20)11-15)18(22)21(2)12-14-6-8-16(9-7-14)19(23)24/h3-9,11,13H,10,12H2,1-2H3,(H,23,24). The first-order valence-corrected chi connectivity index (χ1v) is 8.06. The smallest absolute Gasteiger partial charge is 0.335 e. The van der Waals surface area contributed by atoms with Crippen LogP contribution in [0.2, 0.25) is 5.02 Å². The average Bonchev–Trinajstić information content (AvgIpc) is 2.54. The minimum Gasteiger partial charge on any atom is -0.478 e. The van der Waals surface area contributed by atoms with E-state index in [2.05, 4.69) is 0 Å². The molecule has 2 aromatic rings. The first-order valence-electron chi connectivity index (χ1n) is 7.68. The van der Waals surface area contributed by atoms with Gasteiger partial charge in [-0.2, -0.15) is 0 Å². The molecule has 1 N–H and O–H groups in total. The lowest BCUT2D eigenvalue weighted by atomic mass is 9.99. The molecule has 2 aromatic carbocycles. The number of amides is 1. The highest BCUT2D eigenvalue weighted by atomic mass is 35.5. The van der Waals surface area contributed by atoms with Gasteiger partial charge in [0.25, 0.3) is 0 Å². The van der Waals surface area contributed by atoms with Crippen molar-refractivity contribution in [3.8, 4) is 0 Å². The van der Waals surface area contributed by atoms with Crippen LogP contribution in [0.15, 0.2) is 48.5 Å². The van der Waals surface area contributed by atoms with Gasteiger partial charge in [-0.05, 0) is 41.8 Å². The van der Waals surface area contributed by atoms with E-state index in [9.17, 15) is 9.59 Å². The van der Waals surface area contributed by atoms with E-state index in [0.29, 0.717) is 18.0 Å². The molecule has 0 aliphatic heterocycles. The van der Waals surface area contributed by atoms with Crippen molar-refractivity contribution >= 4 is 23.5 Å². The van der Waals surface area contributed by atoms with Crippen LogP contribution in [0.1, 0.15) is 28.4 Å². The van der Waals surface area contributed by atoms with Crippen LogP contribution in [0.25, 0.3) is 0 Å². The van der Waals surface area contributed by atoms with Gasteiger partial charge in [0.1, 0.15) is 0 Å². The predicted molar refractivity (Wildman–Crippen MR) is 94.2 cm³/mol. The number of benzene rings is 2. The monoisotopic (exact) mass is 345 g/mol. The zero-order valence-corrected chi connectivity index (χ0v) is 14.5. The number of nitrogens with zero attached hydrogens (tertiary/aromatic N) is 1. The second-order valence-electron chi connectivity index (χ2n) is 5.93. The van der Waals surface area contributed by atoms with Crippen LogP contribution < -0.4 is 0 Å². The third-order valence-corrected chi connectivity index (χ3v) is 4.08. The summed E-state index contributed by atoms with van der Waals surface area (Å²) in [5.41, 5.74) is 2.16. The molecule has 1 amide bonds. The third-order valence-electron chi connectivity index (χ3n) is 3.85. The van der Waals surface area contributed by atoms with Crippen molar-refractivity contribution in [2.45, 2.75) is 19.9 Å². The molecule has 24 heavy (non-hydrogen) atoms. The maximum atomic E-state index is 12.5. The SMILES string of the molecule is CC(Cc1cccc(Cl)c1)C(=O)N(C)Cc1ccc(C(=O)O)cc1. The maximum absolute atomic E-state index is 12.5. The van der Waals surface area contributed by atoms with Gasteiger partial charge in [-0.15, -0.1) is 0 Å². The molecule has 0 heterocycles. The fourth-order valence-corrected chi connectivity index (χ4v) is 2.80. The summed E-state index contributed by atoms with van der Waals surface area (Å²) in [7, 11) is 1.75. The minimum absolute atomic E-state index is 0.0392. The predicted octanol–water partition coefficient (Wildman–Crippen LogP) is 3.88. The Balaban J connectivity index is 1.96. The number of halogens is 1. The Kier molecular flexibility index (Phi) is 5.99. The second-order valence-corrected chi connectivity index (χ2v) is 6.37. The molecule has 0 bridgehead atoms. The topological polar surface area (TPSA) is 57.6 Å². The summed E-state index contributed by atoms with van der Waals surface area (Å²) in [5, 5.41) is 9.57. The summed E-state index contributed by atoms with van der Waals surface area (Å²) in [6.07, 6.45) is 0.627. The summed E-state index contributed by atoms with van der Waals surface area (Å²) in [6, 6.07) is 14.1. The highest BCUT2D eigenvalue weighted by Gasteiger charge is 2.18. The maximum Gasteiger partial charge on any atom is 0.335 e. The molecular weight excluding hydrogens is 326 g/mol. The zero-order chi connectivity index (χ0) is 17.7. The number of carboxylic acid groups (broad SMARTS) is 1. The number of rotatable bonds is 6. The molecule has 2 rings (SSSR count). The van der Waals surface area contributed by atoms with Gasteiger partial charge in [-0.25, -0.2) is 4.79 Å². The van der Waals surface area contributed by atoms with E-state index in [0.717, 1.165) is 11.1 Å². The van der Waals surface area contributed by atoms with E-state index in [-0.39, 0.29) is 17.4 Å². The molecule has 0 aliphatic rings. The molecule has 4 nitrogen and oxygen atoms in total. The van der Waals surface area contributed by atoms with Gasteiger partial charge in [0.15, 0.2) is 0 Å². The van der Waals surface area contributed by atoms with Gasteiger partial charge >= 0.3 is 5.97 Å². The lowest BCUT2D eigenvalue weighted by molar-refractivity contribution is -0.134. The van der Waals surface area contributed by atoms with Gasteiger partial charge in [0, 0.05) is 24.5 Å². The summed E-state index contributed by atoms with van der Waals surface area (Å²) >= 11 is 5.98. The van der Waals surface area contributed by atoms with E-state index in [4.69, 9.17) is 16.7 Å². The molecule has 0 radical (unpaired) electrons. The largest absolute Gasteiger partial charge is 0.478 e. The first-order chi connectivity index (χ1) is 11.4. The van der Waals surface area contributed by atoms with Gasteiger partial charge < -0.3 is 10.0 Å². The Morgan fingerprint density at radius 2 is 1.79 bits per heavy atom. The Morgan fingerprint density at radius 1 is 1.12 bits per heavy atom. The van der Waals surface area contributed by atoms with E-state index >= 15 is 0 Å². The normalized spacial score (nSPS) is 11.8. The second kappa shape index (κ2) is 7.97. The van der Waals surface area contributed by atoms with Crippen molar-refractivity contribution in [2.75, 3.05) is 7.05 Å². The van der Waals surface area contributed by atoms with Crippen LogP contribution in [0.5, 0.6) is 0 Å². The van der Waals surface area contributed by atoms with Crippen molar-refractivity contribution in [2.24, 2.45) is 5.92 Å². The third kappa shape index (κ3) is 4.83. The summed E-state index contributed by atoms with van der Waals surface area (Å²) < 4.78 is 0. The zero-order valence-electron chi connectivity index (χ0n) is 13.7. The fourth-order valence-electron chi connectivity index (χ4n) is 2.59. The van der Waals surface area contributed by atoms with Crippen LogP contribution in [0, 0.1) is 5.92 Å². The Morgan fingerprint density at radius 3 is 2.38 bits per heavy atom. The molecule has 126 valence electrons. The van der Waals surface area contributed by atoms with Crippen LogP contribution in [0.4, 0.5) is 0 Å². The quantitative estimate of drug-likeness (QED) is 0.864. The summed E-state index contributed by atoms with van der Waals surface area (Å²) in [6.45, 7) is 2.34. The van der Waals surface area contributed by atoms with Gasteiger partial charge in [0.05, 0.1) is 5.56 Å². The minimum atomic E-state index is -0.957. The van der Waals surface area contributed by atoms with Crippen molar-refractivity contribution in [3.05, 3.63) is 70.2 Å². The van der Waals surface area contributed by atoms with Crippen LogP contribution >= 0.6 is 11.6 Å². The molecule has 0 aliphatic carbocycles. The lowest BCUT2D eigenvalue weighted by Crippen LogP contribution is -2.32. The van der Waals surface area contributed by atoms with Crippen molar-refractivity contribution in [1.29, 1.82) is 0 Å². The molecule has 0 aromatic heterocycles. The number of carbonyl (C=O) groups excluding carboxylic acids is 1. The van der Waals surface area contributed by atoms with Crippen molar-refractivity contribution < 1.29 is 14.7 Å². The Labute approximate surface area is 146 Å². The van der Waals surface area contributed by atoms with E-state index in [1.54, 1.807) is 36.2 Å². The van der Waals surface area contributed by atoms with Crippen LogP contribution in [0.3, 0.4) is 0 Å². The van der Waals surface area contributed by atoms with Gasteiger partial charge in [0.2, 0.25) is 5.91 Å². The number of aromatic carboxylic acids is 1. The molecular formula is C19H20ClNO3. The number of hydrogen-bond acceptors (Lipinski definition) is 2. The first kappa shape index (κ1) is 18.0. The summed E-state index contributed by atoms with van der Waals surface area (Å²) in [4.78, 5) is 25.0. The number of carboxylic acids is 1. The molecule has 0 saturated carbocycles. The lowest BCUT2D eigenvalue weighted by Gasteiger charge is -2.21. The van der Waals surface area contributed by atoms with E-state index < -0.39 is 5.97 Å². The molecule has 5 heteroatoms. The fraction of sp³-hybridized carbons (Fsp3) is 0.263. The highest BCUT2D eigenvalue weighted by Crippen LogP contribution is 2.16. The molecule has 0 saturated heterocycles. The van der Waals surface area contributed by atoms with E-state index in [1.165, 1.54) is 0 Å². The number of carbonyl (C=O) groups is 2. The summed E-state index contributed by atoms with van der Waals surface area (Å²) in [5.74, 6) is -1.08. The Bertz CT molecular complexity index is 728. The van der Waals surface area contributed by atoms with Gasteiger partial charge in [-0.3, -0.25) is 4.79 Å². The highest BCUT2D eigenvalue weighted by molar-refractivity contribution is 6.30. The van der Waals surface area contributed by atoms with Gasteiger partial charge in [-0.1, -0.05) is 42.8 Å². The van der Waals surface area contributed by atoms with E-state index in [1.807, 2.05) is 31.2 Å². The number of hydrogen-bond donors (Lipinski definition) is 1. The molecule has 1 unspecified atom stereocenters. The van der Waals surface area contributed by atoms with Crippen molar-refractivity contribution in [1.82, 2.24) is 4.90 Å². The molecule has 0 spiro atoms. The molecule has 1 atom stereocenters. The van der Waals surface area contributed by atoms with Crippen LogP contribution in [-0.4, -0.2) is 28.9 Å². The van der Waals surface area contributed by atoms with Crippen LogP contribution in [-0.2, 0) is 17.8 Å². The molecule has 0 fully saturated rings. The average molecular weight is 346 g/mol.